The first-order chi connectivity index (χ1) is 18.3. The molecule has 0 atom stereocenters. The van der Waals surface area contributed by atoms with Gasteiger partial charge in [0, 0.05) is 6.07 Å². The predicted molar refractivity (Wildman–Crippen MR) is 126 cm³/mol. The summed E-state index contributed by atoms with van der Waals surface area (Å²) < 4.78 is 107. The van der Waals surface area contributed by atoms with Crippen LogP contribution in [0.2, 0.25) is 0 Å². The summed E-state index contributed by atoms with van der Waals surface area (Å²) in [7, 11) is 15.9. The molecule has 0 unspecified atom stereocenters. The lowest BCUT2D eigenvalue weighted by Crippen LogP contribution is -2.37. The molecular formula is C22H11B3F7N3O5. The lowest BCUT2D eigenvalue weighted by Gasteiger charge is -2.25. The number of benzene rings is 2. The van der Waals surface area contributed by atoms with E-state index in [0.717, 1.165) is 18.3 Å². The fraction of sp³-hybridized carbons (Fsp3) is 0.136. The average molecular weight is 563 g/mol. The van der Waals surface area contributed by atoms with Crippen LogP contribution in [0.5, 0.6) is 23.0 Å². The topological polar surface area (TPSA) is 113 Å². The minimum Gasteiger partial charge on any atom is -0.512 e. The first-order valence-electron chi connectivity index (χ1n) is 10.4. The van der Waals surface area contributed by atoms with Gasteiger partial charge in [0.1, 0.15) is 52.1 Å². The maximum absolute atomic E-state index is 14.9. The third kappa shape index (κ3) is 8.07. The summed E-state index contributed by atoms with van der Waals surface area (Å²) in [6.45, 7) is 0. The molecule has 1 heterocycles. The lowest BCUT2D eigenvalue weighted by molar-refractivity contribution is -0.274. The normalized spacial score (nSPS) is 12.0. The molecule has 0 aliphatic heterocycles. The van der Waals surface area contributed by atoms with Crippen LogP contribution in [0.3, 0.4) is 0 Å². The summed E-state index contributed by atoms with van der Waals surface area (Å²) in [6, 6.07) is 4.41. The summed E-state index contributed by atoms with van der Waals surface area (Å²) in [5.74, 6) is -7.39. The minimum absolute atomic E-state index is 0.0125. The van der Waals surface area contributed by atoms with Gasteiger partial charge in [-0.2, -0.15) is 13.2 Å². The number of hydrogen-bond acceptors (Lipinski definition) is 6. The van der Waals surface area contributed by atoms with Crippen molar-refractivity contribution in [3.05, 3.63) is 71.3 Å². The zero-order chi connectivity index (χ0) is 30.0. The van der Waals surface area contributed by atoms with E-state index in [-0.39, 0.29) is 23.5 Å². The number of alkyl halides is 6. The Morgan fingerprint density at radius 2 is 1.55 bits per heavy atom. The molecule has 0 saturated heterocycles. The number of nitrogens with two attached hydrogens (primary N) is 1. The van der Waals surface area contributed by atoms with Crippen LogP contribution < -0.4 is 25.3 Å². The van der Waals surface area contributed by atoms with Crippen molar-refractivity contribution in [2.45, 2.75) is 17.8 Å². The zero-order valence-corrected chi connectivity index (χ0v) is 19.6. The summed E-state index contributed by atoms with van der Waals surface area (Å²) in [5, 5.41) is -0.397. The van der Waals surface area contributed by atoms with E-state index >= 15 is 0 Å². The van der Waals surface area contributed by atoms with Gasteiger partial charge >= 0.3 is 12.5 Å². The number of primary amides is 1. The monoisotopic (exact) mass is 563 g/mol. The number of amides is 2. The van der Waals surface area contributed by atoms with Crippen molar-refractivity contribution in [2.75, 3.05) is 5.32 Å². The molecule has 202 valence electrons. The van der Waals surface area contributed by atoms with Crippen LogP contribution in [-0.4, -0.2) is 52.0 Å². The predicted octanol–water partition coefficient (Wildman–Crippen LogP) is 3.78. The van der Waals surface area contributed by atoms with E-state index in [1.807, 2.05) is 0 Å². The Balaban J connectivity index is 2.09. The second kappa shape index (κ2) is 11.0. The van der Waals surface area contributed by atoms with Crippen LogP contribution in [0.15, 0.2) is 48.7 Å². The quantitative estimate of drug-likeness (QED) is 0.319. The van der Waals surface area contributed by atoms with Gasteiger partial charge in [-0.05, 0) is 41.7 Å². The summed E-state index contributed by atoms with van der Waals surface area (Å²) >= 11 is 0. The zero-order valence-electron chi connectivity index (χ0n) is 19.6. The Kier molecular flexibility index (Phi) is 8.31. The van der Waals surface area contributed by atoms with Crippen molar-refractivity contribution in [1.82, 2.24) is 4.98 Å². The second-order valence-electron chi connectivity index (χ2n) is 7.79. The molecular weight excluding hydrogens is 552 g/mol. The highest BCUT2D eigenvalue weighted by molar-refractivity contribution is 6.58. The molecule has 0 aliphatic carbocycles. The van der Waals surface area contributed by atoms with Gasteiger partial charge in [-0.1, -0.05) is 0 Å². The lowest BCUT2D eigenvalue weighted by atomic mass is 9.52. The number of aromatic nitrogens is 1. The standard InChI is InChI=1S/C22H11B3F7N3O5/c23-21(24,25)40-15-7-11(39-22(30,31)32)2-4-14(15)38-16-6-9(20(27,28)29)5-12(26)17(16)19(37)35-10-1-3-13(18(33)36)34-8-10/h1-8H,(H2,33,36)(H,35,37). The minimum atomic E-state index is -5.16. The van der Waals surface area contributed by atoms with Crippen LogP contribution in [0.4, 0.5) is 36.4 Å². The van der Waals surface area contributed by atoms with E-state index in [0.29, 0.717) is 18.2 Å². The number of nitrogens with zero attached hydrogens (tertiary/aromatic N) is 1. The molecule has 6 radical (unpaired) electrons. The van der Waals surface area contributed by atoms with E-state index in [1.54, 1.807) is 0 Å². The van der Waals surface area contributed by atoms with Gasteiger partial charge in [-0.3, -0.25) is 9.59 Å². The van der Waals surface area contributed by atoms with E-state index < -0.39 is 69.6 Å². The van der Waals surface area contributed by atoms with E-state index in [1.165, 1.54) is 0 Å². The van der Waals surface area contributed by atoms with Crippen molar-refractivity contribution in [2.24, 2.45) is 5.73 Å². The number of ether oxygens (including phenoxy) is 3. The van der Waals surface area contributed by atoms with Crippen LogP contribution >= 0.6 is 0 Å². The first-order valence-corrected chi connectivity index (χ1v) is 10.4. The highest BCUT2D eigenvalue weighted by atomic mass is 19.4. The smallest absolute Gasteiger partial charge is 0.512 e. The van der Waals surface area contributed by atoms with Gasteiger partial charge in [0.05, 0.1) is 17.4 Å². The van der Waals surface area contributed by atoms with Crippen molar-refractivity contribution < 1.29 is 54.5 Å². The molecule has 8 nitrogen and oxygen atoms in total. The van der Waals surface area contributed by atoms with Crippen molar-refractivity contribution in [3.63, 3.8) is 0 Å². The molecule has 1 aromatic heterocycles. The van der Waals surface area contributed by atoms with Crippen LogP contribution in [0.25, 0.3) is 0 Å². The number of pyridine rings is 1. The Hall–Kier alpha value is -4.37. The molecule has 0 aliphatic rings. The number of rotatable bonds is 8. The van der Waals surface area contributed by atoms with E-state index in [4.69, 9.17) is 38.7 Å². The van der Waals surface area contributed by atoms with E-state index in [9.17, 15) is 40.3 Å². The molecule has 0 saturated carbocycles. The number of hydrogen-bond donors (Lipinski definition) is 2. The number of anilines is 1. The molecule has 0 spiro atoms. The van der Waals surface area contributed by atoms with E-state index in [2.05, 4.69) is 15.0 Å². The molecule has 0 fully saturated rings. The maximum Gasteiger partial charge on any atom is 0.573 e. The van der Waals surface area contributed by atoms with Crippen molar-refractivity contribution >= 4 is 41.0 Å². The molecule has 3 aromatic rings. The van der Waals surface area contributed by atoms with Crippen LogP contribution in [0.1, 0.15) is 26.4 Å². The van der Waals surface area contributed by atoms with Gasteiger partial charge in [0.25, 0.3) is 11.8 Å². The van der Waals surface area contributed by atoms with Gasteiger partial charge in [0.15, 0.2) is 11.5 Å². The van der Waals surface area contributed by atoms with Gasteiger partial charge in [-0.25, -0.2) is 9.37 Å². The molecule has 3 N–H and O–H groups in total. The Labute approximate surface area is 224 Å². The van der Waals surface area contributed by atoms with Crippen molar-refractivity contribution in [3.8, 4) is 23.0 Å². The largest absolute Gasteiger partial charge is 0.573 e. The number of carbonyl (C=O) groups excluding carboxylic acids is 2. The SMILES string of the molecule is [B]C([B])([B])Oc1cc(OC(F)(F)F)ccc1Oc1cc(C(F)(F)F)cc(F)c1C(=O)Nc1ccc(C(N)=O)nc1. The van der Waals surface area contributed by atoms with Crippen LogP contribution in [-0.2, 0) is 6.18 Å². The highest BCUT2D eigenvalue weighted by Crippen LogP contribution is 2.41. The first kappa shape index (κ1) is 30.2. The number of nitrogens with one attached hydrogen (secondary N) is 1. The summed E-state index contributed by atoms with van der Waals surface area (Å²) in [4.78, 5) is 27.7. The third-order valence-electron chi connectivity index (χ3n) is 4.54. The second-order valence-corrected chi connectivity index (χ2v) is 7.79. The van der Waals surface area contributed by atoms with Gasteiger partial charge in [0.2, 0.25) is 0 Å². The molecule has 2 amide bonds. The molecule has 18 heteroatoms. The van der Waals surface area contributed by atoms with Gasteiger partial charge < -0.3 is 25.3 Å². The molecule has 40 heavy (non-hydrogen) atoms. The molecule has 2 aromatic carbocycles. The number of halogens is 7. The van der Waals surface area contributed by atoms with Crippen LogP contribution in [0, 0.1) is 5.82 Å². The Morgan fingerprint density at radius 3 is 2.08 bits per heavy atom. The van der Waals surface area contributed by atoms with Crippen molar-refractivity contribution in [1.29, 1.82) is 0 Å². The molecule has 0 bridgehead atoms. The molecule has 3 rings (SSSR count). The average Bonchev–Trinajstić information content (AvgIpc) is 2.78. The fourth-order valence-corrected chi connectivity index (χ4v) is 3.01. The maximum atomic E-state index is 14.9. The summed E-state index contributed by atoms with van der Waals surface area (Å²) in [5.41, 5.74) is 2.08. The summed E-state index contributed by atoms with van der Waals surface area (Å²) in [6.07, 6.45) is -9.33. The third-order valence-corrected chi connectivity index (χ3v) is 4.54. The highest BCUT2D eigenvalue weighted by Gasteiger charge is 2.35. The Bertz CT molecular complexity index is 1430. The van der Waals surface area contributed by atoms with Gasteiger partial charge in [-0.15, -0.1) is 13.2 Å². The number of carbonyl (C=O) groups is 2. The fourth-order valence-electron chi connectivity index (χ4n) is 3.01. The Morgan fingerprint density at radius 1 is 0.875 bits per heavy atom.